The molecule has 0 heterocycles. The standard InChI is InChI=1S/C18H21N/c1-2-9-17(19-18-12-7-4-8-13-18)15-14-16-10-5-3-6-11-16/h2-8,10-13,17,19H,1,9,14-15H2. The van der Waals surface area contributed by atoms with Gasteiger partial charge in [0.25, 0.3) is 0 Å². The summed E-state index contributed by atoms with van der Waals surface area (Å²) in [5.74, 6) is 0. The van der Waals surface area contributed by atoms with Crippen LogP contribution >= 0.6 is 0 Å². The summed E-state index contributed by atoms with van der Waals surface area (Å²) in [6.45, 7) is 3.86. The Balaban J connectivity index is 1.91. The van der Waals surface area contributed by atoms with E-state index < -0.39 is 0 Å². The number of nitrogens with one attached hydrogen (secondary N) is 1. The number of para-hydroxylation sites is 1. The van der Waals surface area contributed by atoms with Crippen LogP contribution in [0.25, 0.3) is 0 Å². The van der Waals surface area contributed by atoms with Crippen molar-refractivity contribution in [2.24, 2.45) is 0 Å². The average Bonchev–Trinajstić information content (AvgIpc) is 2.47. The molecule has 0 spiro atoms. The molecule has 1 heteroatoms. The van der Waals surface area contributed by atoms with Crippen molar-refractivity contribution in [1.29, 1.82) is 0 Å². The molecule has 0 radical (unpaired) electrons. The van der Waals surface area contributed by atoms with E-state index in [1.165, 1.54) is 11.3 Å². The molecule has 0 aliphatic rings. The topological polar surface area (TPSA) is 12.0 Å². The summed E-state index contributed by atoms with van der Waals surface area (Å²) in [6, 6.07) is 21.5. The van der Waals surface area contributed by atoms with Crippen molar-refractivity contribution in [2.45, 2.75) is 25.3 Å². The van der Waals surface area contributed by atoms with Crippen LogP contribution in [0.15, 0.2) is 73.3 Å². The molecule has 2 aromatic carbocycles. The van der Waals surface area contributed by atoms with Crippen molar-refractivity contribution in [3.05, 3.63) is 78.9 Å². The minimum absolute atomic E-state index is 0.445. The van der Waals surface area contributed by atoms with E-state index in [1.54, 1.807) is 0 Å². The Bertz CT molecular complexity index is 476. The van der Waals surface area contributed by atoms with Gasteiger partial charge in [0, 0.05) is 11.7 Å². The van der Waals surface area contributed by atoms with E-state index in [0.29, 0.717) is 6.04 Å². The van der Waals surface area contributed by atoms with Crippen molar-refractivity contribution in [1.82, 2.24) is 0 Å². The highest BCUT2D eigenvalue weighted by Gasteiger charge is 2.06. The van der Waals surface area contributed by atoms with Crippen molar-refractivity contribution in [3.63, 3.8) is 0 Å². The maximum Gasteiger partial charge on any atom is 0.0342 e. The zero-order valence-electron chi connectivity index (χ0n) is 11.3. The van der Waals surface area contributed by atoms with Gasteiger partial charge in [0.2, 0.25) is 0 Å². The van der Waals surface area contributed by atoms with Gasteiger partial charge < -0.3 is 5.32 Å². The predicted molar refractivity (Wildman–Crippen MR) is 83.4 cm³/mol. The number of anilines is 1. The molecule has 0 amide bonds. The molecule has 0 aliphatic carbocycles. The minimum Gasteiger partial charge on any atom is -0.382 e. The van der Waals surface area contributed by atoms with Crippen molar-refractivity contribution < 1.29 is 0 Å². The fraction of sp³-hybridized carbons (Fsp3) is 0.222. The zero-order chi connectivity index (χ0) is 13.3. The number of hydrogen-bond donors (Lipinski definition) is 1. The van der Waals surface area contributed by atoms with E-state index in [9.17, 15) is 0 Å². The summed E-state index contributed by atoms with van der Waals surface area (Å²) >= 11 is 0. The first-order chi connectivity index (χ1) is 9.38. The number of aryl methyl sites for hydroxylation is 1. The van der Waals surface area contributed by atoms with Gasteiger partial charge in [-0.3, -0.25) is 0 Å². The molecular weight excluding hydrogens is 230 g/mol. The molecule has 0 fully saturated rings. The molecule has 0 aliphatic heterocycles. The van der Waals surface area contributed by atoms with Gasteiger partial charge in [0.05, 0.1) is 0 Å². The molecule has 0 aromatic heterocycles. The first kappa shape index (κ1) is 13.4. The van der Waals surface area contributed by atoms with Gasteiger partial charge in [-0.15, -0.1) is 6.58 Å². The second-order valence-corrected chi connectivity index (χ2v) is 4.76. The highest BCUT2D eigenvalue weighted by molar-refractivity contribution is 5.43. The third kappa shape index (κ3) is 4.63. The second-order valence-electron chi connectivity index (χ2n) is 4.76. The quantitative estimate of drug-likeness (QED) is 0.705. The molecule has 0 bridgehead atoms. The number of rotatable bonds is 7. The molecule has 19 heavy (non-hydrogen) atoms. The average molecular weight is 251 g/mol. The molecule has 1 N–H and O–H groups in total. The lowest BCUT2D eigenvalue weighted by Crippen LogP contribution is -2.19. The lowest BCUT2D eigenvalue weighted by atomic mass is 10.0. The smallest absolute Gasteiger partial charge is 0.0342 e. The minimum atomic E-state index is 0.445. The van der Waals surface area contributed by atoms with Crippen LogP contribution in [-0.4, -0.2) is 6.04 Å². The van der Waals surface area contributed by atoms with Crippen molar-refractivity contribution in [2.75, 3.05) is 5.32 Å². The van der Waals surface area contributed by atoms with Gasteiger partial charge in [-0.2, -0.15) is 0 Å². The summed E-state index contributed by atoms with van der Waals surface area (Å²) in [4.78, 5) is 0. The Labute approximate surface area is 116 Å². The molecule has 2 rings (SSSR count). The van der Waals surface area contributed by atoms with E-state index in [4.69, 9.17) is 0 Å². The molecule has 1 nitrogen and oxygen atoms in total. The molecule has 1 unspecified atom stereocenters. The summed E-state index contributed by atoms with van der Waals surface area (Å²) in [7, 11) is 0. The molecule has 0 saturated carbocycles. The Morgan fingerprint density at radius 1 is 0.947 bits per heavy atom. The van der Waals surface area contributed by atoms with Gasteiger partial charge in [-0.25, -0.2) is 0 Å². The van der Waals surface area contributed by atoms with E-state index >= 15 is 0 Å². The van der Waals surface area contributed by atoms with Crippen LogP contribution in [0.4, 0.5) is 5.69 Å². The molecule has 0 saturated heterocycles. The summed E-state index contributed by atoms with van der Waals surface area (Å²) in [6.07, 6.45) is 5.19. The third-order valence-electron chi connectivity index (χ3n) is 3.22. The van der Waals surface area contributed by atoms with Crippen molar-refractivity contribution in [3.8, 4) is 0 Å². The largest absolute Gasteiger partial charge is 0.382 e. The van der Waals surface area contributed by atoms with Crippen LogP contribution in [0.3, 0.4) is 0 Å². The fourth-order valence-electron chi connectivity index (χ4n) is 2.21. The van der Waals surface area contributed by atoms with Crippen LogP contribution in [0.1, 0.15) is 18.4 Å². The second kappa shape index (κ2) is 7.42. The van der Waals surface area contributed by atoms with E-state index in [0.717, 1.165) is 19.3 Å². The lowest BCUT2D eigenvalue weighted by Gasteiger charge is -2.18. The monoisotopic (exact) mass is 251 g/mol. The van der Waals surface area contributed by atoms with Crippen LogP contribution in [-0.2, 0) is 6.42 Å². The predicted octanol–water partition coefficient (Wildman–Crippen LogP) is 4.68. The summed E-state index contributed by atoms with van der Waals surface area (Å²) < 4.78 is 0. The van der Waals surface area contributed by atoms with Crippen LogP contribution in [0.2, 0.25) is 0 Å². The molecular formula is C18H21N. The van der Waals surface area contributed by atoms with Crippen LogP contribution < -0.4 is 5.32 Å². The highest BCUT2D eigenvalue weighted by Crippen LogP contribution is 2.14. The Morgan fingerprint density at radius 2 is 1.58 bits per heavy atom. The van der Waals surface area contributed by atoms with E-state index in [-0.39, 0.29) is 0 Å². The first-order valence-corrected chi connectivity index (χ1v) is 6.85. The lowest BCUT2D eigenvalue weighted by molar-refractivity contribution is 0.661. The third-order valence-corrected chi connectivity index (χ3v) is 3.22. The molecule has 1 atom stereocenters. The van der Waals surface area contributed by atoms with E-state index in [2.05, 4.69) is 66.5 Å². The summed E-state index contributed by atoms with van der Waals surface area (Å²) in [5, 5.41) is 3.58. The Morgan fingerprint density at radius 3 is 2.21 bits per heavy atom. The molecule has 98 valence electrons. The molecule has 2 aromatic rings. The Kier molecular flexibility index (Phi) is 5.24. The van der Waals surface area contributed by atoms with Gasteiger partial charge in [-0.05, 0) is 37.0 Å². The van der Waals surface area contributed by atoms with E-state index in [1.807, 2.05) is 12.1 Å². The SMILES string of the molecule is C=CCC(CCc1ccccc1)Nc1ccccc1. The van der Waals surface area contributed by atoms with Gasteiger partial charge in [0.1, 0.15) is 0 Å². The number of benzene rings is 2. The van der Waals surface area contributed by atoms with Crippen molar-refractivity contribution >= 4 is 5.69 Å². The fourth-order valence-corrected chi connectivity index (χ4v) is 2.21. The first-order valence-electron chi connectivity index (χ1n) is 6.85. The normalized spacial score (nSPS) is 11.8. The Hall–Kier alpha value is -2.02. The highest BCUT2D eigenvalue weighted by atomic mass is 14.9. The maximum absolute atomic E-state index is 3.86. The number of hydrogen-bond acceptors (Lipinski definition) is 1. The maximum atomic E-state index is 3.86. The van der Waals surface area contributed by atoms with Gasteiger partial charge in [-0.1, -0.05) is 54.6 Å². The van der Waals surface area contributed by atoms with Gasteiger partial charge in [0.15, 0.2) is 0 Å². The zero-order valence-corrected chi connectivity index (χ0v) is 11.3. The van der Waals surface area contributed by atoms with Gasteiger partial charge >= 0.3 is 0 Å². The van der Waals surface area contributed by atoms with Crippen LogP contribution in [0, 0.1) is 0 Å². The van der Waals surface area contributed by atoms with Crippen LogP contribution in [0.5, 0.6) is 0 Å². The summed E-state index contributed by atoms with van der Waals surface area (Å²) in [5.41, 5.74) is 2.58.